The lowest BCUT2D eigenvalue weighted by atomic mass is 10.3. The molecule has 8 heteroatoms. The summed E-state index contributed by atoms with van der Waals surface area (Å²) in [6.45, 7) is 0. The second-order valence-corrected chi connectivity index (χ2v) is 5.21. The molecule has 0 radical (unpaired) electrons. The SMILES string of the molecule is FC(F)(F)Oc1ccc(Oc2cccc(Br)n2)cc1Br. The topological polar surface area (TPSA) is 31.4 Å². The van der Waals surface area contributed by atoms with Gasteiger partial charge in [0.05, 0.1) is 4.47 Å². The number of ether oxygens (including phenoxy) is 2. The maximum atomic E-state index is 12.1. The van der Waals surface area contributed by atoms with Crippen molar-refractivity contribution in [2.75, 3.05) is 0 Å². The molecule has 20 heavy (non-hydrogen) atoms. The Hall–Kier alpha value is -1.28. The van der Waals surface area contributed by atoms with Crippen LogP contribution in [0.3, 0.4) is 0 Å². The number of pyridine rings is 1. The average Bonchev–Trinajstić information content (AvgIpc) is 2.31. The largest absolute Gasteiger partial charge is 0.573 e. The maximum absolute atomic E-state index is 12.1. The minimum Gasteiger partial charge on any atom is -0.439 e. The molecular formula is C12H6Br2F3NO2. The number of nitrogens with zero attached hydrogens (tertiary/aromatic N) is 1. The Morgan fingerprint density at radius 1 is 1.05 bits per heavy atom. The van der Waals surface area contributed by atoms with E-state index in [-0.39, 0.29) is 10.2 Å². The number of hydrogen-bond acceptors (Lipinski definition) is 3. The number of rotatable bonds is 3. The fourth-order valence-corrected chi connectivity index (χ4v) is 2.09. The van der Waals surface area contributed by atoms with Crippen molar-refractivity contribution in [3.63, 3.8) is 0 Å². The van der Waals surface area contributed by atoms with Crippen LogP contribution in [0.2, 0.25) is 0 Å². The van der Waals surface area contributed by atoms with E-state index in [9.17, 15) is 13.2 Å². The smallest absolute Gasteiger partial charge is 0.439 e. The maximum Gasteiger partial charge on any atom is 0.573 e. The van der Waals surface area contributed by atoms with E-state index in [0.717, 1.165) is 6.07 Å². The van der Waals surface area contributed by atoms with Crippen LogP contribution >= 0.6 is 31.9 Å². The molecule has 0 spiro atoms. The highest BCUT2D eigenvalue weighted by atomic mass is 79.9. The van der Waals surface area contributed by atoms with Gasteiger partial charge in [-0.2, -0.15) is 0 Å². The Labute approximate surface area is 129 Å². The fourth-order valence-electron chi connectivity index (χ4n) is 1.32. The van der Waals surface area contributed by atoms with Gasteiger partial charge in [-0.05, 0) is 56.1 Å². The van der Waals surface area contributed by atoms with Crippen molar-refractivity contribution >= 4 is 31.9 Å². The predicted octanol–water partition coefficient (Wildman–Crippen LogP) is 5.30. The van der Waals surface area contributed by atoms with Crippen LogP contribution < -0.4 is 9.47 Å². The second-order valence-electron chi connectivity index (χ2n) is 3.54. The molecule has 0 saturated heterocycles. The fraction of sp³-hybridized carbons (Fsp3) is 0.0833. The molecule has 1 heterocycles. The predicted molar refractivity (Wildman–Crippen MR) is 72.8 cm³/mol. The van der Waals surface area contributed by atoms with Gasteiger partial charge in [0.25, 0.3) is 0 Å². The zero-order valence-electron chi connectivity index (χ0n) is 9.62. The monoisotopic (exact) mass is 411 g/mol. The Bertz CT molecular complexity index is 620. The van der Waals surface area contributed by atoms with Gasteiger partial charge in [0.15, 0.2) is 0 Å². The Morgan fingerprint density at radius 3 is 2.40 bits per heavy atom. The summed E-state index contributed by atoms with van der Waals surface area (Å²) in [7, 11) is 0. The summed E-state index contributed by atoms with van der Waals surface area (Å²) < 4.78 is 46.3. The Balaban J connectivity index is 2.17. The summed E-state index contributed by atoms with van der Waals surface area (Å²) >= 11 is 6.18. The molecule has 0 atom stereocenters. The summed E-state index contributed by atoms with van der Waals surface area (Å²) in [5, 5.41) is 0. The lowest BCUT2D eigenvalue weighted by Gasteiger charge is -2.11. The number of alkyl halides is 3. The third-order valence-electron chi connectivity index (χ3n) is 2.04. The molecule has 2 aromatic rings. The van der Waals surface area contributed by atoms with Crippen molar-refractivity contribution in [3.05, 3.63) is 45.5 Å². The quantitative estimate of drug-likeness (QED) is 0.641. The molecule has 0 aliphatic rings. The molecule has 0 amide bonds. The van der Waals surface area contributed by atoms with E-state index >= 15 is 0 Å². The van der Waals surface area contributed by atoms with Crippen LogP contribution in [-0.4, -0.2) is 11.3 Å². The van der Waals surface area contributed by atoms with Crippen molar-refractivity contribution in [1.82, 2.24) is 4.98 Å². The molecule has 1 aromatic heterocycles. The zero-order chi connectivity index (χ0) is 14.8. The molecule has 106 valence electrons. The van der Waals surface area contributed by atoms with Gasteiger partial charge in [0.2, 0.25) is 5.88 Å². The molecule has 0 aliphatic heterocycles. The van der Waals surface area contributed by atoms with E-state index in [4.69, 9.17) is 4.74 Å². The first-order valence-corrected chi connectivity index (χ1v) is 6.78. The first-order valence-electron chi connectivity index (χ1n) is 5.19. The third kappa shape index (κ3) is 4.38. The van der Waals surface area contributed by atoms with Crippen LogP contribution in [0.25, 0.3) is 0 Å². The highest BCUT2D eigenvalue weighted by molar-refractivity contribution is 9.10. The highest BCUT2D eigenvalue weighted by Gasteiger charge is 2.32. The van der Waals surface area contributed by atoms with Gasteiger partial charge in [0.1, 0.15) is 16.1 Å². The van der Waals surface area contributed by atoms with E-state index in [1.807, 2.05) is 0 Å². The first kappa shape index (κ1) is 15.1. The molecule has 0 bridgehead atoms. The van der Waals surface area contributed by atoms with Gasteiger partial charge in [-0.25, -0.2) is 4.98 Å². The first-order chi connectivity index (χ1) is 9.33. The normalized spacial score (nSPS) is 11.2. The minimum atomic E-state index is -4.74. The molecule has 0 fully saturated rings. The summed E-state index contributed by atoms with van der Waals surface area (Å²) in [5.41, 5.74) is 0. The van der Waals surface area contributed by atoms with E-state index in [1.54, 1.807) is 18.2 Å². The van der Waals surface area contributed by atoms with E-state index in [0.29, 0.717) is 16.2 Å². The van der Waals surface area contributed by atoms with Crippen LogP contribution in [0.1, 0.15) is 0 Å². The standard InChI is InChI=1S/C12H6Br2F3NO2/c13-8-6-7(4-5-9(8)20-12(15,16)17)19-11-3-1-2-10(14)18-11/h1-6H. The third-order valence-corrected chi connectivity index (χ3v) is 3.10. The van der Waals surface area contributed by atoms with Gasteiger partial charge in [0, 0.05) is 6.07 Å². The van der Waals surface area contributed by atoms with E-state index < -0.39 is 6.36 Å². The molecule has 0 aliphatic carbocycles. The van der Waals surface area contributed by atoms with Crippen LogP contribution in [0.4, 0.5) is 13.2 Å². The zero-order valence-corrected chi connectivity index (χ0v) is 12.8. The van der Waals surface area contributed by atoms with Gasteiger partial charge >= 0.3 is 6.36 Å². The van der Waals surface area contributed by atoms with Crippen molar-refractivity contribution in [1.29, 1.82) is 0 Å². The van der Waals surface area contributed by atoms with Crippen LogP contribution in [0, 0.1) is 0 Å². The number of hydrogen-bond donors (Lipinski definition) is 0. The van der Waals surface area contributed by atoms with Gasteiger partial charge in [-0.3, -0.25) is 0 Å². The Morgan fingerprint density at radius 2 is 1.80 bits per heavy atom. The Kier molecular flexibility index (Phi) is 4.54. The lowest BCUT2D eigenvalue weighted by molar-refractivity contribution is -0.274. The number of halogens is 5. The molecule has 2 rings (SSSR count). The molecule has 1 aromatic carbocycles. The minimum absolute atomic E-state index is 0.127. The molecule has 0 unspecified atom stereocenters. The van der Waals surface area contributed by atoms with Gasteiger partial charge in [-0.15, -0.1) is 13.2 Å². The highest BCUT2D eigenvalue weighted by Crippen LogP contribution is 2.34. The summed E-state index contributed by atoms with van der Waals surface area (Å²) in [4.78, 5) is 4.05. The van der Waals surface area contributed by atoms with Gasteiger partial charge < -0.3 is 9.47 Å². The van der Waals surface area contributed by atoms with Crippen molar-refractivity contribution in [2.45, 2.75) is 6.36 Å². The van der Waals surface area contributed by atoms with Crippen molar-refractivity contribution in [3.8, 4) is 17.4 Å². The molecule has 3 nitrogen and oxygen atoms in total. The van der Waals surface area contributed by atoms with Crippen molar-refractivity contribution < 1.29 is 22.6 Å². The van der Waals surface area contributed by atoms with Crippen LogP contribution in [-0.2, 0) is 0 Å². The van der Waals surface area contributed by atoms with Gasteiger partial charge in [-0.1, -0.05) is 6.07 Å². The molecular weight excluding hydrogens is 407 g/mol. The summed E-state index contributed by atoms with van der Waals surface area (Å²) in [6, 6.07) is 8.95. The summed E-state index contributed by atoms with van der Waals surface area (Å²) in [5.74, 6) is 0.305. The van der Waals surface area contributed by atoms with Crippen LogP contribution in [0.5, 0.6) is 17.4 Å². The number of benzene rings is 1. The van der Waals surface area contributed by atoms with Crippen LogP contribution in [0.15, 0.2) is 45.5 Å². The molecule has 0 saturated carbocycles. The average molecular weight is 413 g/mol. The summed E-state index contributed by atoms with van der Waals surface area (Å²) in [6.07, 6.45) is -4.74. The number of aromatic nitrogens is 1. The van der Waals surface area contributed by atoms with E-state index in [1.165, 1.54) is 12.1 Å². The second kappa shape index (κ2) is 6.01. The lowest BCUT2D eigenvalue weighted by Crippen LogP contribution is -2.17. The molecule has 0 N–H and O–H groups in total. The van der Waals surface area contributed by atoms with E-state index in [2.05, 4.69) is 41.6 Å². The van der Waals surface area contributed by atoms with Crippen molar-refractivity contribution in [2.24, 2.45) is 0 Å².